The first-order chi connectivity index (χ1) is 5.72. The molecule has 0 aliphatic carbocycles. The van der Waals surface area contributed by atoms with E-state index in [-0.39, 0.29) is 0 Å². The highest BCUT2D eigenvalue weighted by Crippen LogP contribution is 2.23. The minimum absolute atomic E-state index is 0.573. The van der Waals surface area contributed by atoms with Crippen molar-refractivity contribution in [2.45, 2.75) is 5.18 Å². The average molecular weight is 202 g/mol. The SMILES string of the molecule is S=C1C=CNN[C@]2(S)ON=CN12. The number of nitrogens with zero attached hydrogens (tertiary/aromatic N) is 2. The fourth-order valence-corrected chi connectivity index (χ4v) is 1.47. The molecule has 7 heteroatoms. The van der Waals surface area contributed by atoms with Gasteiger partial charge in [-0.25, -0.2) is 0 Å². The van der Waals surface area contributed by atoms with Crippen LogP contribution in [0.5, 0.6) is 0 Å². The highest BCUT2D eigenvalue weighted by molar-refractivity contribution is 7.82. The molecule has 0 aromatic rings. The van der Waals surface area contributed by atoms with E-state index in [2.05, 4.69) is 28.6 Å². The lowest BCUT2D eigenvalue weighted by Crippen LogP contribution is -2.56. The maximum absolute atomic E-state index is 5.04. The molecule has 2 aliphatic heterocycles. The summed E-state index contributed by atoms with van der Waals surface area (Å²) in [4.78, 5) is 7.11. The van der Waals surface area contributed by atoms with Gasteiger partial charge >= 0.3 is 5.18 Å². The molecule has 0 saturated heterocycles. The number of fused-ring (bicyclic) bond motifs is 1. The van der Waals surface area contributed by atoms with E-state index in [4.69, 9.17) is 17.1 Å². The van der Waals surface area contributed by atoms with Crippen molar-refractivity contribution in [3.63, 3.8) is 0 Å². The molecule has 1 atom stereocenters. The first-order valence-corrected chi connectivity index (χ1v) is 4.04. The summed E-state index contributed by atoms with van der Waals surface area (Å²) < 4.78 is 0. The van der Waals surface area contributed by atoms with Gasteiger partial charge in [-0.05, 0) is 6.08 Å². The van der Waals surface area contributed by atoms with E-state index in [0.717, 1.165) is 0 Å². The van der Waals surface area contributed by atoms with Crippen LogP contribution in [0.4, 0.5) is 0 Å². The molecule has 2 rings (SSSR count). The van der Waals surface area contributed by atoms with E-state index in [0.29, 0.717) is 4.99 Å². The van der Waals surface area contributed by atoms with Crippen molar-refractivity contribution in [2.24, 2.45) is 5.16 Å². The largest absolute Gasteiger partial charge is 0.337 e. The third-order valence-electron chi connectivity index (χ3n) is 1.45. The molecule has 5 nitrogen and oxygen atoms in total. The highest BCUT2D eigenvalue weighted by Gasteiger charge is 2.40. The van der Waals surface area contributed by atoms with Crippen molar-refractivity contribution in [3.8, 4) is 0 Å². The Morgan fingerprint density at radius 1 is 1.75 bits per heavy atom. The van der Waals surface area contributed by atoms with Gasteiger partial charge in [0.05, 0.1) is 0 Å². The van der Waals surface area contributed by atoms with Gasteiger partial charge in [0.15, 0.2) is 0 Å². The molecule has 0 spiro atoms. The quantitative estimate of drug-likeness (QED) is 0.373. The maximum Gasteiger partial charge on any atom is 0.335 e. The van der Waals surface area contributed by atoms with Gasteiger partial charge < -0.3 is 10.3 Å². The first kappa shape index (κ1) is 7.84. The Hall–Kier alpha value is -0.790. The lowest BCUT2D eigenvalue weighted by molar-refractivity contribution is -0.0258. The van der Waals surface area contributed by atoms with Gasteiger partial charge in [0.2, 0.25) is 0 Å². The molecule has 12 heavy (non-hydrogen) atoms. The Bertz CT molecular complexity index is 279. The van der Waals surface area contributed by atoms with Crippen LogP contribution in [0.25, 0.3) is 0 Å². The van der Waals surface area contributed by atoms with Crippen LogP contribution in [0.15, 0.2) is 17.4 Å². The van der Waals surface area contributed by atoms with Crippen LogP contribution >= 0.6 is 24.8 Å². The number of hydrogen-bond acceptors (Lipinski definition) is 6. The molecule has 64 valence electrons. The van der Waals surface area contributed by atoms with E-state index in [9.17, 15) is 0 Å². The standard InChI is InChI=1S/C5H6N4OS2/c11-4-1-2-6-8-5(12)9(4)3-7-10-5/h1-3,6,8,12H/t5-/m1/s1. The van der Waals surface area contributed by atoms with Gasteiger partial charge in [-0.1, -0.05) is 30.0 Å². The number of thiocarbonyl (C=S) groups is 1. The fourth-order valence-electron chi connectivity index (χ4n) is 0.885. The summed E-state index contributed by atoms with van der Waals surface area (Å²) in [5, 5.41) is 2.58. The molecule has 2 aliphatic rings. The Balaban J connectivity index is 2.32. The molecular weight excluding hydrogens is 196 g/mol. The summed E-state index contributed by atoms with van der Waals surface area (Å²) >= 11 is 9.25. The first-order valence-electron chi connectivity index (χ1n) is 3.19. The Kier molecular flexibility index (Phi) is 1.71. The molecule has 0 bridgehead atoms. The molecular formula is C5H6N4OS2. The predicted molar refractivity (Wildman–Crippen MR) is 51.1 cm³/mol. The number of nitrogens with one attached hydrogen (secondary N) is 2. The van der Waals surface area contributed by atoms with E-state index in [1.807, 2.05) is 0 Å². The summed E-state index contributed by atoms with van der Waals surface area (Å²) in [6.07, 6.45) is 4.84. The number of hydrazine groups is 1. The maximum atomic E-state index is 5.04. The molecule has 0 saturated carbocycles. The van der Waals surface area contributed by atoms with Crippen LogP contribution < -0.4 is 10.9 Å². The zero-order valence-corrected chi connectivity index (χ0v) is 7.60. The lowest BCUT2D eigenvalue weighted by atomic mass is 10.5. The third-order valence-corrected chi connectivity index (χ3v) is 2.19. The van der Waals surface area contributed by atoms with E-state index >= 15 is 0 Å². The minimum atomic E-state index is -1.01. The Morgan fingerprint density at radius 2 is 2.58 bits per heavy atom. The van der Waals surface area contributed by atoms with Crippen LogP contribution in [0.3, 0.4) is 0 Å². The molecule has 0 aromatic carbocycles. The molecule has 0 amide bonds. The zero-order chi connectivity index (χ0) is 8.60. The average Bonchev–Trinajstić information content (AvgIpc) is 2.36. The smallest absolute Gasteiger partial charge is 0.335 e. The van der Waals surface area contributed by atoms with Gasteiger partial charge in [-0.3, -0.25) is 4.90 Å². The van der Waals surface area contributed by atoms with Gasteiger partial charge in [0, 0.05) is 6.20 Å². The Labute approximate surface area is 79.8 Å². The molecule has 0 fully saturated rings. The van der Waals surface area contributed by atoms with Crippen molar-refractivity contribution < 1.29 is 4.84 Å². The van der Waals surface area contributed by atoms with Crippen molar-refractivity contribution >= 4 is 36.2 Å². The summed E-state index contributed by atoms with van der Waals surface area (Å²) in [6, 6.07) is 0. The van der Waals surface area contributed by atoms with Gasteiger partial charge in [-0.15, -0.1) is 0 Å². The molecule has 0 unspecified atom stereocenters. The predicted octanol–water partition coefficient (Wildman–Crippen LogP) is -0.248. The number of thiol groups is 1. The van der Waals surface area contributed by atoms with Gasteiger partial charge in [-0.2, -0.15) is 5.43 Å². The zero-order valence-electron chi connectivity index (χ0n) is 5.89. The van der Waals surface area contributed by atoms with E-state index < -0.39 is 5.18 Å². The summed E-state index contributed by atoms with van der Waals surface area (Å²) in [6.45, 7) is 0. The Morgan fingerprint density at radius 3 is 3.42 bits per heavy atom. The van der Waals surface area contributed by atoms with Crippen LogP contribution in [-0.2, 0) is 4.84 Å². The van der Waals surface area contributed by atoms with Crippen LogP contribution in [0.1, 0.15) is 0 Å². The van der Waals surface area contributed by atoms with Crippen molar-refractivity contribution in [2.75, 3.05) is 0 Å². The third kappa shape index (κ3) is 1.06. The van der Waals surface area contributed by atoms with Crippen molar-refractivity contribution in [1.82, 2.24) is 15.8 Å². The topological polar surface area (TPSA) is 48.9 Å². The van der Waals surface area contributed by atoms with Crippen molar-refractivity contribution in [1.29, 1.82) is 0 Å². The summed E-state index contributed by atoms with van der Waals surface area (Å²) in [7, 11) is 0. The van der Waals surface area contributed by atoms with Crippen LogP contribution in [0.2, 0.25) is 0 Å². The number of hydrogen-bond donors (Lipinski definition) is 3. The van der Waals surface area contributed by atoms with Crippen molar-refractivity contribution in [3.05, 3.63) is 12.3 Å². The molecule has 0 aromatic heterocycles. The normalized spacial score (nSPS) is 32.4. The molecule has 2 N–H and O–H groups in total. The second-order valence-electron chi connectivity index (χ2n) is 2.23. The molecule has 2 heterocycles. The second-order valence-corrected chi connectivity index (χ2v) is 3.26. The van der Waals surface area contributed by atoms with Gasteiger partial charge in [0.25, 0.3) is 0 Å². The summed E-state index contributed by atoms with van der Waals surface area (Å²) in [5.41, 5.74) is 5.52. The van der Waals surface area contributed by atoms with Gasteiger partial charge in [0.1, 0.15) is 11.3 Å². The molecule has 0 radical (unpaired) electrons. The van der Waals surface area contributed by atoms with E-state index in [1.165, 1.54) is 6.34 Å². The number of oxime groups is 1. The van der Waals surface area contributed by atoms with E-state index in [1.54, 1.807) is 17.2 Å². The second kappa shape index (κ2) is 2.61. The number of rotatable bonds is 0. The van der Waals surface area contributed by atoms with Crippen LogP contribution in [0, 0.1) is 0 Å². The highest BCUT2D eigenvalue weighted by atomic mass is 32.1. The van der Waals surface area contributed by atoms with Crippen LogP contribution in [-0.4, -0.2) is 21.4 Å². The monoisotopic (exact) mass is 202 g/mol. The lowest BCUT2D eigenvalue weighted by Gasteiger charge is -2.28. The summed E-state index contributed by atoms with van der Waals surface area (Å²) in [5.74, 6) is 0. The fraction of sp³-hybridized carbons (Fsp3) is 0.200. The minimum Gasteiger partial charge on any atom is -0.337 e.